The summed E-state index contributed by atoms with van der Waals surface area (Å²) in [4.78, 5) is 23.8. The molecular formula is C17H17ClN2O4S. The van der Waals surface area contributed by atoms with E-state index in [1.165, 1.54) is 32.2 Å². The summed E-state index contributed by atoms with van der Waals surface area (Å²) in [6, 6.07) is 10.9. The molecule has 0 aliphatic carbocycles. The van der Waals surface area contributed by atoms with Crippen molar-refractivity contribution < 1.29 is 18.0 Å². The Balaban J connectivity index is 2.26. The molecule has 0 unspecified atom stereocenters. The van der Waals surface area contributed by atoms with Crippen LogP contribution in [-0.4, -0.2) is 33.4 Å². The number of halogens is 1. The lowest BCUT2D eigenvalue weighted by molar-refractivity contribution is 0.101. The first-order valence-corrected chi connectivity index (χ1v) is 9.48. The Labute approximate surface area is 151 Å². The van der Waals surface area contributed by atoms with E-state index < -0.39 is 15.9 Å². The molecule has 1 N–H and O–H groups in total. The fourth-order valence-electron chi connectivity index (χ4n) is 2.09. The van der Waals surface area contributed by atoms with Crippen LogP contribution in [0, 0.1) is 0 Å². The third kappa shape index (κ3) is 4.58. The highest BCUT2D eigenvalue weighted by Gasteiger charge is 2.16. The third-order valence-corrected chi connectivity index (χ3v) is 5.10. The van der Waals surface area contributed by atoms with Crippen LogP contribution in [0.25, 0.3) is 0 Å². The predicted molar refractivity (Wildman–Crippen MR) is 99.1 cm³/mol. The maximum absolute atomic E-state index is 12.4. The van der Waals surface area contributed by atoms with Crippen molar-refractivity contribution in [1.29, 1.82) is 0 Å². The summed E-state index contributed by atoms with van der Waals surface area (Å²) in [6.07, 6.45) is 1.07. The van der Waals surface area contributed by atoms with E-state index in [0.717, 1.165) is 10.6 Å². The Morgan fingerprint density at radius 3 is 2.36 bits per heavy atom. The van der Waals surface area contributed by atoms with Crippen molar-refractivity contribution in [3.8, 4) is 0 Å². The molecule has 0 atom stereocenters. The molecule has 0 fully saturated rings. The first-order chi connectivity index (χ1) is 11.6. The summed E-state index contributed by atoms with van der Waals surface area (Å²) in [5, 5.41) is 2.78. The van der Waals surface area contributed by atoms with Crippen molar-refractivity contribution in [3.63, 3.8) is 0 Å². The van der Waals surface area contributed by atoms with Gasteiger partial charge in [0.1, 0.15) is 0 Å². The number of nitrogens with zero attached hydrogens (tertiary/aromatic N) is 1. The second kappa shape index (κ2) is 7.25. The first-order valence-electron chi connectivity index (χ1n) is 7.25. The van der Waals surface area contributed by atoms with Crippen molar-refractivity contribution in [1.82, 2.24) is 0 Å². The number of anilines is 2. The highest BCUT2D eigenvalue weighted by Crippen LogP contribution is 2.25. The zero-order chi connectivity index (χ0) is 18.8. The van der Waals surface area contributed by atoms with Gasteiger partial charge in [0.15, 0.2) is 5.78 Å². The average Bonchev–Trinajstić information content (AvgIpc) is 2.53. The summed E-state index contributed by atoms with van der Waals surface area (Å²) in [7, 11) is -2.03. The number of hydrogen-bond acceptors (Lipinski definition) is 4. The van der Waals surface area contributed by atoms with E-state index in [1.54, 1.807) is 24.3 Å². The lowest BCUT2D eigenvalue weighted by Gasteiger charge is -2.17. The number of nitrogens with one attached hydrogen (secondary N) is 1. The van der Waals surface area contributed by atoms with Gasteiger partial charge < -0.3 is 5.32 Å². The van der Waals surface area contributed by atoms with E-state index in [2.05, 4.69) is 5.32 Å². The van der Waals surface area contributed by atoms with Crippen LogP contribution < -0.4 is 9.62 Å². The highest BCUT2D eigenvalue weighted by atomic mass is 35.5. The molecule has 0 aromatic heterocycles. The molecule has 0 saturated carbocycles. The quantitative estimate of drug-likeness (QED) is 0.807. The molecule has 2 rings (SSSR count). The van der Waals surface area contributed by atoms with E-state index in [9.17, 15) is 18.0 Å². The van der Waals surface area contributed by atoms with Crippen molar-refractivity contribution in [2.24, 2.45) is 0 Å². The van der Waals surface area contributed by atoms with Crippen molar-refractivity contribution in [2.45, 2.75) is 6.92 Å². The van der Waals surface area contributed by atoms with Crippen LogP contribution in [0.15, 0.2) is 42.5 Å². The normalized spacial score (nSPS) is 11.0. The maximum Gasteiger partial charge on any atom is 0.257 e. The number of carbonyl (C=O) groups excluding carboxylic acids is 2. The topological polar surface area (TPSA) is 83.6 Å². The molecule has 1 amide bonds. The molecule has 8 heteroatoms. The van der Waals surface area contributed by atoms with Crippen molar-refractivity contribution in [3.05, 3.63) is 58.6 Å². The zero-order valence-electron chi connectivity index (χ0n) is 13.9. The smallest absolute Gasteiger partial charge is 0.257 e. The molecule has 0 heterocycles. The number of hydrogen-bond donors (Lipinski definition) is 1. The molecule has 0 aliphatic rings. The van der Waals surface area contributed by atoms with Crippen LogP contribution in [-0.2, 0) is 10.0 Å². The van der Waals surface area contributed by atoms with Crippen LogP contribution in [0.2, 0.25) is 5.02 Å². The summed E-state index contributed by atoms with van der Waals surface area (Å²) in [5.41, 5.74) is 1.49. The van der Waals surface area contributed by atoms with Gasteiger partial charge in [-0.3, -0.25) is 13.9 Å². The Morgan fingerprint density at radius 2 is 1.80 bits per heavy atom. The Kier molecular flexibility index (Phi) is 5.49. The van der Waals surface area contributed by atoms with Gasteiger partial charge in [0.2, 0.25) is 10.0 Å². The monoisotopic (exact) mass is 380 g/mol. The van der Waals surface area contributed by atoms with Crippen LogP contribution >= 0.6 is 11.6 Å². The minimum Gasteiger partial charge on any atom is -0.322 e. The molecule has 0 radical (unpaired) electrons. The standard InChI is InChI=1S/C17H17ClN2O4S/c1-11(21)12-5-4-6-13(9-12)19-17(22)15-8-7-14(10-16(15)18)20(2)25(3,23)24/h4-10H,1-3H3,(H,19,22). The van der Waals surface area contributed by atoms with Gasteiger partial charge in [-0.2, -0.15) is 0 Å². The summed E-state index contributed by atoms with van der Waals surface area (Å²) in [5.74, 6) is -0.568. The SMILES string of the molecule is CC(=O)c1cccc(NC(=O)c2ccc(N(C)S(C)(=O)=O)cc2Cl)c1. The molecule has 2 aromatic carbocycles. The molecule has 132 valence electrons. The molecule has 0 bridgehead atoms. The Morgan fingerprint density at radius 1 is 1.12 bits per heavy atom. The highest BCUT2D eigenvalue weighted by molar-refractivity contribution is 7.92. The third-order valence-electron chi connectivity index (χ3n) is 3.59. The molecule has 6 nitrogen and oxygen atoms in total. The van der Waals surface area contributed by atoms with E-state index in [4.69, 9.17) is 11.6 Å². The molecule has 2 aromatic rings. The fourth-order valence-corrected chi connectivity index (χ4v) is 2.85. The van der Waals surface area contributed by atoms with Gasteiger partial charge in [0.25, 0.3) is 5.91 Å². The number of carbonyl (C=O) groups is 2. The van der Waals surface area contributed by atoms with Gasteiger partial charge in [-0.15, -0.1) is 0 Å². The van der Waals surface area contributed by atoms with Crippen LogP contribution in [0.4, 0.5) is 11.4 Å². The van der Waals surface area contributed by atoms with Crippen molar-refractivity contribution in [2.75, 3.05) is 22.9 Å². The minimum absolute atomic E-state index is 0.109. The van der Waals surface area contributed by atoms with E-state index in [0.29, 0.717) is 16.9 Å². The second-order valence-electron chi connectivity index (χ2n) is 5.49. The number of benzene rings is 2. The number of amides is 1. The van der Waals surface area contributed by atoms with Gasteiger partial charge in [-0.1, -0.05) is 23.7 Å². The molecular weight excluding hydrogens is 364 g/mol. The van der Waals surface area contributed by atoms with Gasteiger partial charge in [0, 0.05) is 18.3 Å². The lowest BCUT2D eigenvalue weighted by atomic mass is 10.1. The van der Waals surface area contributed by atoms with Gasteiger partial charge in [0.05, 0.1) is 22.5 Å². The van der Waals surface area contributed by atoms with Crippen molar-refractivity contribution >= 4 is 44.7 Å². The second-order valence-corrected chi connectivity index (χ2v) is 7.91. The molecule has 25 heavy (non-hydrogen) atoms. The van der Waals surface area contributed by atoms with E-state index >= 15 is 0 Å². The molecule has 0 saturated heterocycles. The Hall–Kier alpha value is -2.38. The number of sulfonamides is 1. The summed E-state index contributed by atoms with van der Waals surface area (Å²) < 4.78 is 24.2. The summed E-state index contributed by atoms with van der Waals surface area (Å²) >= 11 is 6.13. The molecule has 0 aliphatic heterocycles. The molecule has 0 spiro atoms. The average molecular weight is 381 g/mol. The predicted octanol–water partition coefficient (Wildman–Crippen LogP) is 3.19. The van der Waals surface area contributed by atoms with Gasteiger partial charge >= 0.3 is 0 Å². The van der Waals surface area contributed by atoms with Crippen LogP contribution in [0.3, 0.4) is 0 Å². The lowest BCUT2D eigenvalue weighted by Crippen LogP contribution is -2.25. The van der Waals surface area contributed by atoms with Crippen LogP contribution in [0.5, 0.6) is 0 Å². The number of ketones is 1. The minimum atomic E-state index is -3.43. The zero-order valence-corrected chi connectivity index (χ0v) is 15.5. The largest absolute Gasteiger partial charge is 0.322 e. The van der Waals surface area contributed by atoms with Gasteiger partial charge in [-0.05, 0) is 37.3 Å². The summed E-state index contributed by atoms with van der Waals surface area (Å²) in [6.45, 7) is 1.44. The van der Waals surface area contributed by atoms with E-state index in [-0.39, 0.29) is 16.4 Å². The number of rotatable bonds is 5. The Bertz CT molecular complexity index is 941. The first kappa shape index (κ1) is 19.0. The van der Waals surface area contributed by atoms with E-state index in [1.807, 2.05) is 0 Å². The van der Waals surface area contributed by atoms with Crippen LogP contribution in [0.1, 0.15) is 27.6 Å². The number of Topliss-reactive ketones (excluding diaryl/α,β-unsaturated/α-hetero) is 1. The maximum atomic E-state index is 12.4. The fraction of sp³-hybridized carbons (Fsp3) is 0.176. The van der Waals surface area contributed by atoms with Gasteiger partial charge in [-0.25, -0.2) is 8.42 Å².